The molecule has 0 amide bonds. The van der Waals surface area contributed by atoms with Gasteiger partial charge in [0.2, 0.25) is 0 Å². The van der Waals surface area contributed by atoms with Crippen LogP contribution in [0.15, 0.2) is 35.7 Å². The number of hydrogen-bond donors (Lipinski definition) is 2. The van der Waals surface area contributed by atoms with Crippen LogP contribution in [0.1, 0.15) is 31.9 Å². The number of anilines is 3. The quantitative estimate of drug-likeness (QED) is 0.669. The Kier molecular flexibility index (Phi) is 4.60. The molecule has 116 valence electrons. The van der Waals surface area contributed by atoms with Gasteiger partial charge in [-0.3, -0.25) is 0 Å². The van der Waals surface area contributed by atoms with Crippen molar-refractivity contribution in [2.75, 3.05) is 18.2 Å². The highest BCUT2D eigenvalue weighted by Crippen LogP contribution is 2.25. The highest BCUT2D eigenvalue weighted by molar-refractivity contribution is 5.92. The molecule has 0 aliphatic heterocycles. The van der Waals surface area contributed by atoms with Gasteiger partial charge in [-0.2, -0.15) is 0 Å². The van der Waals surface area contributed by atoms with Gasteiger partial charge in [0, 0.05) is 5.69 Å². The summed E-state index contributed by atoms with van der Waals surface area (Å²) in [6, 6.07) is 8.21. The van der Waals surface area contributed by atoms with Gasteiger partial charge < -0.3 is 15.9 Å². The van der Waals surface area contributed by atoms with E-state index in [9.17, 15) is 0 Å². The van der Waals surface area contributed by atoms with Gasteiger partial charge in [-0.15, -0.1) is 0 Å². The van der Waals surface area contributed by atoms with E-state index in [0.29, 0.717) is 17.2 Å². The fourth-order valence-electron chi connectivity index (χ4n) is 1.93. The Labute approximate surface area is 130 Å². The molecule has 0 saturated carbocycles. The van der Waals surface area contributed by atoms with Crippen molar-refractivity contribution < 1.29 is 4.84 Å². The summed E-state index contributed by atoms with van der Waals surface area (Å²) in [5.74, 6) is 0.918. The van der Waals surface area contributed by atoms with E-state index in [1.807, 2.05) is 12.1 Å². The molecule has 0 atom stereocenters. The van der Waals surface area contributed by atoms with E-state index in [1.165, 1.54) is 25.2 Å². The first kappa shape index (κ1) is 15.8. The molecular formula is C16H21N5O. The third-order valence-corrected chi connectivity index (χ3v) is 3.22. The Morgan fingerprint density at radius 2 is 1.86 bits per heavy atom. The minimum absolute atomic E-state index is 0.119. The lowest BCUT2D eigenvalue weighted by Crippen LogP contribution is -2.10. The smallest absolute Gasteiger partial charge is 0.144 e. The Morgan fingerprint density at radius 3 is 2.45 bits per heavy atom. The summed E-state index contributed by atoms with van der Waals surface area (Å²) in [6.07, 6.45) is 2.90. The topological polar surface area (TPSA) is 85.4 Å². The molecule has 1 heterocycles. The van der Waals surface area contributed by atoms with E-state index in [2.05, 4.69) is 58.2 Å². The van der Waals surface area contributed by atoms with Crippen LogP contribution < -0.4 is 11.1 Å². The van der Waals surface area contributed by atoms with Gasteiger partial charge in [-0.05, 0) is 23.1 Å². The summed E-state index contributed by atoms with van der Waals surface area (Å²) in [6.45, 7) is 6.54. The van der Waals surface area contributed by atoms with Crippen LogP contribution in [-0.2, 0) is 10.3 Å². The zero-order valence-corrected chi connectivity index (χ0v) is 13.3. The summed E-state index contributed by atoms with van der Waals surface area (Å²) in [7, 11) is 1.47. The van der Waals surface area contributed by atoms with Gasteiger partial charge in [0.1, 0.15) is 25.1 Å². The van der Waals surface area contributed by atoms with Crippen LogP contribution in [0.5, 0.6) is 0 Å². The van der Waals surface area contributed by atoms with E-state index in [-0.39, 0.29) is 5.41 Å². The molecule has 6 nitrogen and oxygen atoms in total. The first-order valence-electron chi connectivity index (χ1n) is 6.96. The third-order valence-electron chi connectivity index (χ3n) is 3.22. The molecule has 1 aromatic carbocycles. The number of rotatable bonds is 4. The Bertz CT molecular complexity index is 659. The number of nitrogens with one attached hydrogen (secondary N) is 1. The minimum atomic E-state index is 0.119. The van der Waals surface area contributed by atoms with E-state index in [4.69, 9.17) is 5.73 Å². The van der Waals surface area contributed by atoms with Crippen molar-refractivity contribution in [3.63, 3.8) is 0 Å². The van der Waals surface area contributed by atoms with E-state index in [0.717, 1.165) is 5.69 Å². The highest BCUT2D eigenvalue weighted by Gasteiger charge is 2.13. The molecule has 0 aliphatic rings. The number of oxime groups is 1. The van der Waals surface area contributed by atoms with Crippen molar-refractivity contribution in [2.45, 2.75) is 26.2 Å². The van der Waals surface area contributed by atoms with Gasteiger partial charge in [0.25, 0.3) is 0 Å². The molecule has 1 aromatic heterocycles. The van der Waals surface area contributed by atoms with E-state index in [1.54, 1.807) is 0 Å². The number of benzene rings is 1. The maximum absolute atomic E-state index is 5.86. The number of nitrogens with two attached hydrogens (primary N) is 1. The predicted octanol–water partition coefficient (Wildman–Crippen LogP) is 3.08. The van der Waals surface area contributed by atoms with Crippen LogP contribution in [0.4, 0.5) is 17.3 Å². The summed E-state index contributed by atoms with van der Waals surface area (Å²) >= 11 is 0. The molecular weight excluding hydrogens is 278 g/mol. The van der Waals surface area contributed by atoms with Gasteiger partial charge in [0.15, 0.2) is 0 Å². The molecule has 0 fully saturated rings. The van der Waals surface area contributed by atoms with Crippen molar-refractivity contribution in [3.05, 3.63) is 41.7 Å². The summed E-state index contributed by atoms with van der Waals surface area (Å²) in [5, 5.41) is 6.95. The average Bonchev–Trinajstić information content (AvgIpc) is 2.46. The summed E-state index contributed by atoms with van der Waals surface area (Å²) < 4.78 is 0. The molecule has 6 heteroatoms. The first-order valence-corrected chi connectivity index (χ1v) is 6.96. The predicted molar refractivity (Wildman–Crippen MR) is 89.5 cm³/mol. The first-order chi connectivity index (χ1) is 10.4. The Balaban J connectivity index is 2.27. The van der Waals surface area contributed by atoms with Crippen molar-refractivity contribution in [1.82, 2.24) is 9.97 Å². The number of hydrogen-bond acceptors (Lipinski definition) is 6. The van der Waals surface area contributed by atoms with Crippen LogP contribution >= 0.6 is 0 Å². The normalized spacial score (nSPS) is 11.6. The number of nitrogen functional groups attached to an aromatic ring is 1. The number of aromatic nitrogens is 2. The molecule has 2 rings (SSSR count). The van der Waals surface area contributed by atoms with E-state index < -0.39 is 0 Å². The maximum Gasteiger partial charge on any atom is 0.144 e. The average molecular weight is 299 g/mol. The maximum atomic E-state index is 5.86. The highest BCUT2D eigenvalue weighted by atomic mass is 16.6. The molecule has 0 radical (unpaired) electrons. The molecule has 0 bridgehead atoms. The lowest BCUT2D eigenvalue weighted by molar-refractivity contribution is 0.215. The molecule has 0 unspecified atom stereocenters. The van der Waals surface area contributed by atoms with Crippen LogP contribution in [-0.4, -0.2) is 23.3 Å². The SMILES string of the molecule is CON=Cc1c(N)ncnc1Nc1ccc(C(C)(C)C)cc1. The second-order valence-corrected chi connectivity index (χ2v) is 5.89. The van der Waals surface area contributed by atoms with Gasteiger partial charge in [-0.1, -0.05) is 38.1 Å². The largest absolute Gasteiger partial charge is 0.399 e. The van der Waals surface area contributed by atoms with Crippen LogP contribution in [0.25, 0.3) is 0 Å². The van der Waals surface area contributed by atoms with E-state index >= 15 is 0 Å². The minimum Gasteiger partial charge on any atom is -0.399 e. The molecule has 0 spiro atoms. The fourth-order valence-corrected chi connectivity index (χ4v) is 1.93. The third kappa shape index (κ3) is 3.72. The molecule has 3 N–H and O–H groups in total. The second-order valence-electron chi connectivity index (χ2n) is 5.89. The molecule has 0 saturated heterocycles. The Hall–Kier alpha value is -2.63. The van der Waals surface area contributed by atoms with Crippen molar-refractivity contribution in [3.8, 4) is 0 Å². The molecule has 22 heavy (non-hydrogen) atoms. The summed E-state index contributed by atoms with van der Waals surface area (Å²) in [5.41, 5.74) is 8.75. The summed E-state index contributed by atoms with van der Waals surface area (Å²) in [4.78, 5) is 12.9. The lowest BCUT2D eigenvalue weighted by Gasteiger charge is -2.19. The number of nitrogens with zero attached hydrogens (tertiary/aromatic N) is 3. The lowest BCUT2D eigenvalue weighted by atomic mass is 9.87. The zero-order valence-electron chi connectivity index (χ0n) is 13.3. The van der Waals surface area contributed by atoms with Crippen LogP contribution in [0.3, 0.4) is 0 Å². The molecule has 2 aromatic rings. The van der Waals surface area contributed by atoms with Crippen molar-refractivity contribution >= 4 is 23.5 Å². The van der Waals surface area contributed by atoms with Crippen molar-refractivity contribution in [1.29, 1.82) is 0 Å². The fraction of sp³-hybridized carbons (Fsp3) is 0.312. The van der Waals surface area contributed by atoms with Crippen LogP contribution in [0.2, 0.25) is 0 Å². The van der Waals surface area contributed by atoms with Gasteiger partial charge in [-0.25, -0.2) is 9.97 Å². The Morgan fingerprint density at radius 1 is 1.18 bits per heavy atom. The second kappa shape index (κ2) is 6.43. The van der Waals surface area contributed by atoms with Gasteiger partial charge >= 0.3 is 0 Å². The van der Waals surface area contributed by atoms with Gasteiger partial charge in [0.05, 0.1) is 11.8 Å². The standard InChI is InChI=1S/C16H21N5O/c1-16(2,3)11-5-7-12(8-6-11)21-15-13(9-20-22-4)14(17)18-10-19-15/h5-10H,1-4H3,(H3,17,18,19,21). The molecule has 0 aliphatic carbocycles. The zero-order chi connectivity index (χ0) is 16.2. The van der Waals surface area contributed by atoms with Crippen molar-refractivity contribution in [2.24, 2.45) is 5.16 Å². The van der Waals surface area contributed by atoms with Crippen LogP contribution in [0, 0.1) is 0 Å². The monoisotopic (exact) mass is 299 g/mol.